The van der Waals surface area contributed by atoms with Crippen LogP contribution in [0.5, 0.6) is 0 Å². The Labute approximate surface area is 122 Å². The third kappa shape index (κ3) is 4.09. The summed E-state index contributed by atoms with van der Waals surface area (Å²) in [5, 5.41) is 3.55. The minimum absolute atomic E-state index is 0.183. The largest absolute Gasteiger partial charge is 0.444 e. The number of nitrogens with one attached hydrogen (secondary N) is 1. The van der Waals surface area contributed by atoms with Crippen molar-refractivity contribution in [3.8, 4) is 0 Å². The topological polar surface area (TPSA) is 44.8 Å². The number of nitrogens with zero attached hydrogens (tertiary/aromatic N) is 2. The third-order valence-corrected chi connectivity index (χ3v) is 4.16. The molecule has 0 bridgehead atoms. The molecule has 0 spiro atoms. The summed E-state index contributed by atoms with van der Waals surface area (Å²) in [5.74, 6) is 0. The van der Waals surface area contributed by atoms with E-state index in [-0.39, 0.29) is 6.09 Å². The van der Waals surface area contributed by atoms with Crippen LogP contribution in [-0.2, 0) is 4.74 Å². The number of rotatable bonds is 2. The van der Waals surface area contributed by atoms with Crippen LogP contribution in [0.4, 0.5) is 4.79 Å². The van der Waals surface area contributed by atoms with Gasteiger partial charge < -0.3 is 15.0 Å². The second-order valence-corrected chi connectivity index (χ2v) is 6.97. The highest BCUT2D eigenvalue weighted by Crippen LogP contribution is 2.17. The molecule has 2 atom stereocenters. The van der Waals surface area contributed by atoms with E-state index in [0.29, 0.717) is 12.1 Å². The van der Waals surface area contributed by atoms with Gasteiger partial charge in [-0.15, -0.1) is 0 Å². The van der Waals surface area contributed by atoms with Crippen molar-refractivity contribution in [2.24, 2.45) is 0 Å². The average Bonchev–Trinajstić information content (AvgIpc) is 2.90. The molecule has 0 aromatic heterocycles. The van der Waals surface area contributed by atoms with Crippen LogP contribution in [0.3, 0.4) is 0 Å². The van der Waals surface area contributed by atoms with Crippen LogP contribution in [0.1, 0.15) is 40.5 Å². The van der Waals surface area contributed by atoms with Gasteiger partial charge in [-0.1, -0.05) is 0 Å². The molecule has 1 N–H and O–H groups in total. The van der Waals surface area contributed by atoms with E-state index in [2.05, 4.69) is 17.1 Å². The van der Waals surface area contributed by atoms with Gasteiger partial charge in [0.25, 0.3) is 0 Å². The first-order valence-corrected chi connectivity index (χ1v) is 7.82. The van der Waals surface area contributed by atoms with Gasteiger partial charge in [-0.3, -0.25) is 4.90 Å². The zero-order chi connectivity index (χ0) is 14.8. The van der Waals surface area contributed by atoms with E-state index in [9.17, 15) is 4.79 Å². The van der Waals surface area contributed by atoms with Crippen molar-refractivity contribution < 1.29 is 9.53 Å². The van der Waals surface area contributed by atoms with Crippen LogP contribution >= 0.6 is 0 Å². The van der Waals surface area contributed by atoms with Crippen LogP contribution in [0.25, 0.3) is 0 Å². The van der Waals surface area contributed by atoms with Gasteiger partial charge in [0.05, 0.1) is 0 Å². The molecule has 5 heteroatoms. The summed E-state index contributed by atoms with van der Waals surface area (Å²) < 4.78 is 5.48. The summed E-state index contributed by atoms with van der Waals surface area (Å²) >= 11 is 0. The summed E-state index contributed by atoms with van der Waals surface area (Å²) in [7, 11) is 0. The third-order valence-electron chi connectivity index (χ3n) is 4.16. The van der Waals surface area contributed by atoms with E-state index >= 15 is 0 Å². The smallest absolute Gasteiger partial charge is 0.410 e. The first kappa shape index (κ1) is 15.6. The lowest BCUT2D eigenvalue weighted by Crippen LogP contribution is -2.60. The van der Waals surface area contributed by atoms with Gasteiger partial charge >= 0.3 is 6.09 Å². The SMILES string of the molecule is C[C@H]([C@@H]1CN(C(=O)OC(C)(C)C)CCN1)N1CCCC1. The Morgan fingerprint density at radius 2 is 1.90 bits per heavy atom. The molecule has 116 valence electrons. The number of ether oxygens (including phenoxy) is 1. The molecule has 2 heterocycles. The number of likely N-dealkylation sites (tertiary alicyclic amines) is 1. The Morgan fingerprint density at radius 1 is 1.25 bits per heavy atom. The fourth-order valence-electron chi connectivity index (χ4n) is 3.00. The second kappa shape index (κ2) is 6.31. The molecule has 0 saturated carbocycles. The highest BCUT2D eigenvalue weighted by atomic mass is 16.6. The maximum absolute atomic E-state index is 12.2. The number of amides is 1. The minimum Gasteiger partial charge on any atom is -0.444 e. The molecule has 2 aliphatic rings. The predicted octanol–water partition coefficient (Wildman–Crippen LogP) is 1.68. The molecule has 0 aromatic rings. The van der Waals surface area contributed by atoms with Gasteiger partial charge in [-0.05, 0) is 53.6 Å². The Morgan fingerprint density at radius 3 is 2.50 bits per heavy atom. The van der Waals surface area contributed by atoms with Crippen molar-refractivity contribution in [2.45, 2.75) is 58.2 Å². The highest BCUT2D eigenvalue weighted by Gasteiger charge is 2.32. The molecule has 0 radical (unpaired) electrons. The van der Waals surface area contributed by atoms with Crippen molar-refractivity contribution in [3.05, 3.63) is 0 Å². The maximum Gasteiger partial charge on any atom is 0.410 e. The monoisotopic (exact) mass is 283 g/mol. The molecule has 2 fully saturated rings. The fourth-order valence-corrected chi connectivity index (χ4v) is 3.00. The Bertz CT molecular complexity index is 335. The minimum atomic E-state index is -0.419. The lowest BCUT2D eigenvalue weighted by atomic mass is 10.1. The van der Waals surface area contributed by atoms with Crippen molar-refractivity contribution in [1.82, 2.24) is 15.1 Å². The maximum atomic E-state index is 12.2. The quantitative estimate of drug-likeness (QED) is 0.837. The van der Waals surface area contributed by atoms with Gasteiger partial charge in [0, 0.05) is 31.7 Å². The number of piperazine rings is 1. The fraction of sp³-hybridized carbons (Fsp3) is 0.933. The molecular weight excluding hydrogens is 254 g/mol. The molecule has 20 heavy (non-hydrogen) atoms. The normalized spacial score (nSPS) is 26.6. The highest BCUT2D eigenvalue weighted by molar-refractivity contribution is 5.68. The van der Waals surface area contributed by atoms with Crippen molar-refractivity contribution in [2.75, 3.05) is 32.7 Å². The summed E-state index contributed by atoms with van der Waals surface area (Å²) in [4.78, 5) is 16.5. The summed E-state index contributed by atoms with van der Waals surface area (Å²) in [5.41, 5.74) is -0.419. The van der Waals surface area contributed by atoms with Gasteiger partial charge in [0.1, 0.15) is 5.60 Å². The number of carbonyl (C=O) groups is 1. The lowest BCUT2D eigenvalue weighted by Gasteiger charge is -2.40. The Balaban J connectivity index is 1.89. The zero-order valence-electron chi connectivity index (χ0n) is 13.3. The molecule has 2 rings (SSSR count). The van der Waals surface area contributed by atoms with Crippen molar-refractivity contribution in [3.63, 3.8) is 0 Å². The molecule has 2 saturated heterocycles. The molecule has 0 aliphatic carbocycles. The van der Waals surface area contributed by atoms with E-state index < -0.39 is 5.60 Å². The number of carbonyl (C=O) groups excluding carboxylic acids is 1. The molecule has 2 aliphatic heterocycles. The van der Waals surface area contributed by atoms with E-state index in [0.717, 1.165) is 19.6 Å². The zero-order valence-corrected chi connectivity index (χ0v) is 13.3. The standard InChI is InChI=1S/C15H29N3O2/c1-12(17-8-5-6-9-17)13-11-18(10-7-16-13)14(19)20-15(2,3)4/h12-13,16H,5-11H2,1-4H3/t12-,13+/m1/s1. The molecule has 1 amide bonds. The summed E-state index contributed by atoms with van der Waals surface area (Å²) in [6, 6.07) is 0.817. The number of hydrogen-bond donors (Lipinski definition) is 1. The lowest BCUT2D eigenvalue weighted by molar-refractivity contribution is 0.0159. The van der Waals surface area contributed by atoms with E-state index in [4.69, 9.17) is 4.74 Å². The molecule has 5 nitrogen and oxygen atoms in total. The first-order chi connectivity index (χ1) is 9.37. The van der Waals surface area contributed by atoms with Crippen LogP contribution in [0, 0.1) is 0 Å². The van der Waals surface area contributed by atoms with E-state index in [1.165, 1.54) is 25.9 Å². The van der Waals surface area contributed by atoms with Crippen LogP contribution in [-0.4, -0.2) is 66.3 Å². The van der Waals surface area contributed by atoms with Crippen LogP contribution < -0.4 is 5.32 Å². The van der Waals surface area contributed by atoms with Crippen LogP contribution in [0.2, 0.25) is 0 Å². The van der Waals surface area contributed by atoms with Gasteiger partial charge in [-0.2, -0.15) is 0 Å². The number of hydrogen-bond acceptors (Lipinski definition) is 4. The summed E-state index contributed by atoms with van der Waals surface area (Å²) in [6.07, 6.45) is 2.41. The van der Waals surface area contributed by atoms with Crippen LogP contribution in [0.15, 0.2) is 0 Å². The summed E-state index contributed by atoms with van der Waals surface area (Å²) in [6.45, 7) is 12.7. The van der Waals surface area contributed by atoms with E-state index in [1.54, 1.807) is 0 Å². The predicted molar refractivity (Wildman–Crippen MR) is 79.9 cm³/mol. The van der Waals surface area contributed by atoms with E-state index in [1.807, 2.05) is 25.7 Å². The van der Waals surface area contributed by atoms with Gasteiger partial charge in [-0.25, -0.2) is 4.79 Å². The van der Waals surface area contributed by atoms with Crippen molar-refractivity contribution >= 4 is 6.09 Å². The molecule has 0 aromatic carbocycles. The second-order valence-electron chi connectivity index (χ2n) is 6.97. The average molecular weight is 283 g/mol. The van der Waals surface area contributed by atoms with Gasteiger partial charge in [0.2, 0.25) is 0 Å². The van der Waals surface area contributed by atoms with Crippen molar-refractivity contribution in [1.29, 1.82) is 0 Å². The van der Waals surface area contributed by atoms with Gasteiger partial charge in [0.15, 0.2) is 0 Å². The Hall–Kier alpha value is -0.810. The molecule has 0 unspecified atom stereocenters. The molecular formula is C15H29N3O2. The first-order valence-electron chi connectivity index (χ1n) is 7.82. The Kier molecular flexibility index (Phi) is 4.91.